The van der Waals surface area contributed by atoms with Crippen LogP contribution in [0.15, 0.2) is 61.1 Å². The van der Waals surface area contributed by atoms with Gasteiger partial charge in [0.05, 0.1) is 69.8 Å². The molecule has 0 bridgehead atoms. The van der Waals surface area contributed by atoms with Crippen LogP contribution in [0.4, 0.5) is 11.4 Å². The Kier molecular flexibility index (Phi) is 6.90. The van der Waals surface area contributed by atoms with Crippen LogP contribution in [0, 0.1) is 0 Å². The Balaban J connectivity index is 1.64. The van der Waals surface area contributed by atoms with Crippen LogP contribution in [0.2, 0.25) is 0 Å². The summed E-state index contributed by atoms with van der Waals surface area (Å²) in [6, 6.07) is 13.6. The van der Waals surface area contributed by atoms with E-state index in [0.29, 0.717) is 29.6 Å². The number of nitrogens with zero attached hydrogens (tertiary/aromatic N) is 7. The minimum atomic E-state index is 0.216. The molecular formula is C27H27N7O4. The van der Waals surface area contributed by atoms with E-state index in [9.17, 15) is 0 Å². The van der Waals surface area contributed by atoms with Gasteiger partial charge in [-0.05, 0) is 18.2 Å². The summed E-state index contributed by atoms with van der Waals surface area (Å²) in [4.78, 5) is 20.3. The van der Waals surface area contributed by atoms with E-state index >= 15 is 0 Å². The second-order valence-corrected chi connectivity index (χ2v) is 8.38. The number of anilines is 2. The highest BCUT2D eigenvalue weighted by Crippen LogP contribution is 2.35. The molecule has 0 N–H and O–H groups in total. The Labute approximate surface area is 219 Å². The van der Waals surface area contributed by atoms with Crippen LogP contribution in [0.1, 0.15) is 5.69 Å². The minimum Gasteiger partial charge on any atom is -0.497 e. The third kappa shape index (κ3) is 5.12. The summed E-state index contributed by atoms with van der Waals surface area (Å²) in [5.74, 6) is 1.71. The predicted molar refractivity (Wildman–Crippen MR) is 142 cm³/mol. The fourth-order valence-corrected chi connectivity index (χ4v) is 4.03. The van der Waals surface area contributed by atoms with Gasteiger partial charge in [0.25, 0.3) is 0 Å². The van der Waals surface area contributed by atoms with Crippen molar-refractivity contribution in [3.8, 4) is 34.6 Å². The fraction of sp³-hybridized carbons (Fsp3) is 0.222. The second-order valence-electron chi connectivity index (χ2n) is 8.38. The van der Waals surface area contributed by atoms with Crippen molar-refractivity contribution < 1.29 is 18.9 Å². The first kappa shape index (κ1) is 24.8. The zero-order valence-electron chi connectivity index (χ0n) is 21.7. The maximum Gasteiger partial charge on any atom is 0.319 e. The molecule has 0 radical (unpaired) electrons. The van der Waals surface area contributed by atoms with Gasteiger partial charge in [0.2, 0.25) is 5.88 Å². The first-order valence-corrected chi connectivity index (χ1v) is 11.7. The summed E-state index contributed by atoms with van der Waals surface area (Å²) in [5, 5.41) is 4.25. The molecule has 0 amide bonds. The normalized spacial score (nSPS) is 10.9. The number of aryl methyl sites for hydroxylation is 1. The van der Waals surface area contributed by atoms with E-state index in [2.05, 4.69) is 25.0 Å². The average Bonchev–Trinajstić information content (AvgIpc) is 3.40. The van der Waals surface area contributed by atoms with Crippen molar-refractivity contribution in [3.63, 3.8) is 0 Å². The summed E-state index contributed by atoms with van der Waals surface area (Å²) in [6.07, 6.45) is 5.43. The molecule has 11 heteroatoms. The lowest BCUT2D eigenvalue weighted by Gasteiger charge is -2.26. The fourth-order valence-electron chi connectivity index (χ4n) is 4.03. The molecule has 3 heterocycles. The molecule has 0 aliphatic carbocycles. The monoisotopic (exact) mass is 513 g/mol. The zero-order chi connectivity index (χ0) is 26.6. The van der Waals surface area contributed by atoms with Gasteiger partial charge in [0.15, 0.2) is 0 Å². The van der Waals surface area contributed by atoms with Crippen LogP contribution in [0.3, 0.4) is 0 Å². The van der Waals surface area contributed by atoms with Gasteiger partial charge in [0, 0.05) is 54.4 Å². The molecule has 5 aromatic rings. The van der Waals surface area contributed by atoms with E-state index in [1.807, 2.05) is 49.6 Å². The predicted octanol–water partition coefficient (Wildman–Crippen LogP) is 4.19. The third-order valence-electron chi connectivity index (χ3n) is 5.93. The standard InChI is InChI=1S/C27H27N7O4/c1-33-15-17(13-29-33)25-14-28-23-7-6-19(11-24(23)31-25)34(20-9-21(35-2)12-22(10-20)36-3)16-18-8-26(37-4)32-27(30-18)38-5/h6-15H,16H2,1-5H3. The third-order valence-corrected chi connectivity index (χ3v) is 5.93. The molecule has 0 saturated heterocycles. The van der Waals surface area contributed by atoms with E-state index in [4.69, 9.17) is 23.9 Å². The van der Waals surface area contributed by atoms with E-state index in [-0.39, 0.29) is 6.01 Å². The molecule has 0 atom stereocenters. The van der Waals surface area contributed by atoms with Gasteiger partial charge in [-0.15, -0.1) is 0 Å². The molecule has 38 heavy (non-hydrogen) atoms. The van der Waals surface area contributed by atoms with Crippen molar-refractivity contribution in [1.29, 1.82) is 0 Å². The number of hydrogen-bond acceptors (Lipinski definition) is 10. The van der Waals surface area contributed by atoms with Gasteiger partial charge in [-0.25, -0.2) is 4.98 Å². The maximum atomic E-state index is 5.54. The smallest absolute Gasteiger partial charge is 0.319 e. The van der Waals surface area contributed by atoms with E-state index in [1.54, 1.807) is 44.5 Å². The van der Waals surface area contributed by atoms with Crippen LogP contribution in [0.25, 0.3) is 22.3 Å². The number of hydrogen-bond donors (Lipinski definition) is 0. The Morgan fingerprint density at radius 2 is 1.55 bits per heavy atom. The molecule has 0 spiro atoms. The lowest BCUT2D eigenvalue weighted by molar-refractivity contribution is 0.350. The first-order valence-electron chi connectivity index (χ1n) is 11.7. The Morgan fingerprint density at radius 1 is 0.763 bits per heavy atom. The summed E-state index contributed by atoms with van der Waals surface area (Å²) in [6.45, 7) is 0.368. The van der Waals surface area contributed by atoms with Gasteiger partial charge in [-0.3, -0.25) is 9.67 Å². The lowest BCUT2D eigenvalue weighted by atomic mass is 10.1. The van der Waals surface area contributed by atoms with Crippen molar-refractivity contribution in [2.24, 2.45) is 7.05 Å². The van der Waals surface area contributed by atoms with Crippen molar-refractivity contribution in [1.82, 2.24) is 29.7 Å². The molecule has 0 fully saturated rings. The molecule has 194 valence electrons. The van der Waals surface area contributed by atoms with Crippen LogP contribution >= 0.6 is 0 Å². The number of fused-ring (bicyclic) bond motifs is 1. The average molecular weight is 514 g/mol. The summed E-state index contributed by atoms with van der Waals surface area (Å²) >= 11 is 0. The second kappa shape index (κ2) is 10.6. The Bertz CT molecular complexity index is 1540. The van der Waals surface area contributed by atoms with Crippen molar-refractivity contribution >= 4 is 22.4 Å². The topological polar surface area (TPSA) is 110 Å². The highest BCUT2D eigenvalue weighted by Gasteiger charge is 2.17. The Morgan fingerprint density at radius 3 is 2.21 bits per heavy atom. The van der Waals surface area contributed by atoms with E-state index < -0.39 is 0 Å². The van der Waals surface area contributed by atoms with Gasteiger partial charge in [-0.1, -0.05) is 0 Å². The highest BCUT2D eigenvalue weighted by molar-refractivity contribution is 5.82. The van der Waals surface area contributed by atoms with Crippen LogP contribution in [-0.2, 0) is 13.6 Å². The van der Waals surface area contributed by atoms with Crippen LogP contribution in [-0.4, -0.2) is 58.2 Å². The Hall–Kier alpha value is -4.93. The largest absolute Gasteiger partial charge is 0.497 e. The maximum absolute atomic E-state index is 5.54. The SMILES string of the molecule is COc1cc(OC)cc(N(Cc2cc(OC)nc(OC)n2)c2ccc3ncc(-c4cnn(C)c4)nc3c2)c1. The number of methoxy groups -OCH3 is 4. The molecular weight excluding hydrogens is 486 g/mol. The molecule has 2 aromatic carbocycles. The zero-order valence-corrected chi connectivity index (χ0v) is 21.7. The number of aromatic nitrogens is 6. The summed E-state index contributed by atoms with van der Waals surface area (Å²) in [5.41, 5.74) is 5.52. The van der Waals surface area contributed by atoms with Crippen molar-refractivity contribution in [2.75, 3.05) is 33.3 Å². The number of benzene rings is 2. The number of rotatable bonds is 9. The van der Waals surface area contributed by atoms with Gasteiger partial charge in [0.1, 0.15) is 11.5 Å². The molecule has 0 aliphatic rings. The molecule has 0 saturated carbocycles. The molecule has 11 nitrogen and oxygen atoms in total. The molecule has 0 aliphatic heterocycles. The van der Waals surface area contributed by atoms with Gasteiger partial charge < -0.3 is 23.8 Å². The quantitative estimate of drug-likeness (QED) is 0.284. The summed E-state index contributed by atoms with van der Waals surface area (Å²) in [7, 11) is 8.18. The van der Waals surface area contributed by atoms with Gasteiger partial charge >= 0.3 is 6.01 Å². The van der Waals surface area contributed by atoms with Crippen LogP contribution < -0.4 is 23.8 Å². The van der Waals surface area contributed by atoms with Crippen molar-refractivity contribution in [2.45, 2.75) is 6.54 Å². The molecule has 5 rings (SSSR count). The first-order chi connectivity index (χ1) is 18.5. The lowest BCUT2D eigenvalue weighted by Crippen LogP contribution is -2.18. The molecule has 0 unspecified atom stereocenters. The highest BCUT2D eigenvalue weighted by atomic mass is 16.5. The van der Waals surface area contributed by atoms with E-state index in [1.165, 1.54) is 7.11 Å². The van der Waals surface area contributed by atoms with E-state index in [0.717, 1.165) is 33.7 Å². The van der Waals surface area contributed by atoms with Gasteiger partial charge in [-0.2, -0.15) is 15.1 Å². The summed E-state index contributed by atoms with van der Waals surface area (Å²) < 4.78 is 23.5. The molecule has 3 aromatic heterocycles. The van der Waals surface area contributed by atoms with Crippen molar-refractivity contribution in [3.05, 3.63) is 66.7 Å². The van der Waals surface area contributed by atoms with Crippen LogP contribution in [0.5, 0.6) is 23.4 Å². The minimum absolute atomic E-state index is 0.216. The number of ether oxygens (including phenoxy) is 4.